The first kappa shape index (κ1) is 13.1. The standard InChI is InChI=1S/C15H16N2O2S/c1-15(18,8-11-6-7-20-9-11)10-16-14-17-12-4-2-3-5-13(12)19-14/h2-7,9,18H,8,10H2,1H3,(H,16,17). The van der Waals surface area contributed by atoms with Crippen LogP contribution in [0.25, 0.3) is 11.1 Å². The first-order valence-corrected chi connectivity index (χ1v) is 7.40. The third kappa shape index (κ3) is 3.00. The Bertz CT molecular complexity index is 656. The van der Waals surface area contributed by atoms with E-state index in [0.29, 0.717) is 19.0 Å². The molecule has 0 spiro atoms. The number of fused-ring (bicyclic) bond motifs is 1. The number of anilines is 1. The van der Waals surface area contributed by atoms with Gasteiger partial charge in [0.1, 0.15) is 5.52 Å². The smallest absolute Gasteiger partial charge is 0.295 e. The minimum atomic E-state index is -0.846. The maximum Gasteiger partial charge on any atom is 0.295 e. The van der Waals surface area contributed by atoms with Crippen LogP contribution < -0.4 is 5.32 Å². The van der Waals surface area contributed by atoms with Crippen molar-refractivity contribution in [2.24, 2.45) is 0 Å². The molecule has 0 amide bonds. The Kier molecular flexibility index (Phi) is 3.46. The van der Waals surface area contributed by atoms with Crippen LogP contribution >= 0.6 is 11.3 Å². The SMILES string of the molecule is CC(O)(CNc1nc2ccccc2o1)Cc1ccsc1. The van der Waals surface area contributed by atoms with E-state index in [2.05, 4.69) is 10.3 Å². The maximum atomic E-state index is 10.4. The van der Waals surface area contributed by atoms with Gasteiger partial charge in [-0.25, -0.2) is 0 Å². The Labute approximate surface area is 121 Å². The molecule has 3 aromatic rings. The zero-order valence-corrected chi connectivity index (χ0v) is 12.0. The Morgan fingerprint density at radius 3 is 2.95 bits per heavy atom. The van der Waals surface area contributed by atoms with Gasteiger partial charge in [-0.15, -0.1) is 0 Å². The van der Waals surface area contributed by atoms with E-state index in [1.807, 2.05) is 41.1 Å². The van der Waals surface area contributed by atoms with Gasteiger partial charge in [0.05, 0.1) is 5.60 Å². The molecule has 0 bridgehead atoms. The molecular weight excluding hydrogens is 272 g/mol. The molecule has 2 aromatic heterocycles. The van der Waals surface area contributed by atoms with Crippen molar-refractivity contribution in [3.05, 3.63) is 46.7 Å². The molecule has 0 radical (unpaired) electrons. The Morgan fingerprint density at radius 1 is 1.35 bits per heavy atom. The second-order valence-corrected chi connectivity index (χ2v) is 5.93. The van der Waals surface area contributed by atoms with Gasteiger partial charge in [-0.2, -0.15) is 16.3 Å². The van der Waals surface area contributed by atoms with Gasteiger partial charge >= 0.3 is 0 Å². The largest absolute Gasteiger partial charge is 0.424 e. The van der Waals surface area contributed by atoms with Crippen LogP contribution in [-0.4, -0.2) is 22.2 Å². The van der Waals surface area contributed by atoms with E-state index < -0.39 is 5.60 Å². The van der Waals surface area contributed by atoms with Gasteiger partial charge in [-0.05, 0) is 41.4 Å². The van der Waals surface area contributed by atoms with E-state index in [1.54, 1.807) is 18.3 Å². The van der Waals surface area contributed by atoms with Crippen LogP contribution in [0.5, 0.6) is 0 Å². The molecule has 0 fully saturated rings. The highest BCUT2D eigenvalue weighted by atomic mass is 32.1. The van der Waals surface area contributed by atoms with Crippen molar-refractivity contribution in [1.29, 1.82) is 0 Å². The normalized spacial score (nSPS) is 14.3. The summed E-state index contributed by atoms with van der Waals surface area (Å²) < 4.78 is 5.57. The Hall–Kier alpha value is -1.85. The topological polar surface area (TPSA) is 58.3 Å². The lowest BCUT2D eigenvalue weighted by molar-refractivity contribution is 0.0737. The molecule has 1 unspecified atom stereocenters. The molecule has 104 valence electrons. The fourth-order valence-corrected chi connectivity index (χ4v) is 2.78. The summed E-state index contributed by atoms with van der Waals surface area (Å²) in [6.45, 7) is 2.19. The van der Waals surface area contributed by atoms with E-state index in [1.165, 1.54) is 0 Å². The lowest BCUT2D eigenvalue weighted by atomic mass is 9.98. The third-order valence-corrected chi connectivity index (χ3v) is 3.81. The average molecular weight is 288 g/mol. The van der Waals surface area contributed by atoms with Crippen molar-refractivity contribution in [2.75, 3.05) is 11.9 Å². The molecule has 0 aliphatic heterocycles. The molecule has 0 saturated heterocycles. The lowest BCUT2D eigenvalue weighted by Crippen LogP contribution is -2.35. The number of hydrogen-bond acceptors (Lipinski definition) is 5. The molecule has 1 atom stereocenters. The van der Waals surface area contributed by atoms with E-state index in [4.69, 9.17) is 4.42 Å². The molecule has 2 N–H and O–H groups in total. The summed E-state index contributed by atoms with van der Waals surface area (Å²) in [6, 6.07) is 10.1. The van der Waals surface area contributed by atoms with Crippen molar-refractivity contribution in [1.82, 2.24) is 4.98 Å². The molecule has 2 heterocycles. The fraction of sp³-hybridized carbons (Fsp3) is 0.267. The summed E-state index contributed by atoms with van der Waals surface area (Å²) in [4.78, 5) is 4.33. The number of rotatable bonds is 5. The number of benzene rings is 1. The number of thiophene rings is 1. The number of aliphatic hydroxyl groups is 1. The molecule has 4 nitrogen and oxygen atoms in total. The highest BCUT2D eigenvalue weighted by Crippen LogP contribution is 2.20. The van der Waals surface area contributed by atoms with Gasteiger partial charge < -0.3 is 14.8 Å². The van der Waals surface area contributed by atoms with Crippen molar-refractivity contribution in [3.63, 3.8) is 0 Å². The van der Waals surface area contributed by atoms with Gasteiger partial charge in [0.2, 0.25) is 0 Å². The van der Waals surface area contributed by atoms with Crippen LogP contribution in [0.15, 0.2) is 45.5 Å². The van der Waals surface area contributed by atoms with Crippen molar-refractivity contribution < 1.29 is 9.52 Å². The first-order valence-electron chi connectivity index (χ1n) is 6.45. The van der Waals surface area contributed by atoms with Gasteiger partial charge in [0, 0.05) is 13.0 Å². The second kappa shape index (κ2) is 5.26. The highest BCUT2D eigenvalue weighted by molar-refractivity contribution is 7.07. The van der Waals surface area contributed by atoms with Gasteiger partial charge in [0.25, 0.3) is 6.01 Å². The molecular formula is C15H16N2O2S. The zero-order valence-electron chi connectivity index (χ0n) is 11.2. The summed E-state index contributed by atoms with van der Waals surface area (Å²) in [5, 5.41) is 17.5. The Balaban J connectivity index is 1.65. The molecule has 20 heavy (non-hydrogen) atoms. The number of nitrogens with zero attached hydrogens (tertiary/aromatic N) is 1. The quantitative estimate of drug-likeness (QED) is 0.756. The highest BCUT2D eigenvalue weighted by Gasteiger charge is 2.22. The molecule has 0 aliphatic carbocycles. The van der Waals surface area contributed by atoms with Gasteiger partial charge in [-0.3, -0.25) is 0 Å². The van der Waals surface area contributed by atoms with Crippen molar-refractivity contribution in [2.45, 2.75) is 18.9 Å². The summed E-state index contributed by atoms with van der Waals surface area (Å²) in [5.41, 5.74) is 1.85. The number of para-hydroxylation sites is 2. The van der Waals surface area contributed by atoms with Crippen LogP contribution in [0.3, 0.4) is 0 Å². The molecule has 1 aromatic carbocycles. The molecule has 5 heteroatoms. The number of nitrogens with one attached hydrogen (secondary N) is 1. The van der Waals surface area contributed by atoms with Crippen LogP contribution in [-0.2, 0) is 6.42 Å². The molecule has 0 aliphatic rings. The summed E-state index contributed by atoms with van der Waals surface area (Å²) in [5.74, 6) is 0. The Morgan fingerprint density at radius 2 is 2.20 bits per heavy atom. The van der Waals surface area contributed by atoms with Crippen LogP contribution in [0.2, 0.25) is 0 Å². The summed E-state index contributed by atoms with van der Waals surface area (Å²) in [6.07, 6.45) is 0.601. The van der Waals surface area contributed by atoms with Crippen LogP contribution in [0, 0.1) is 0 Å². The summed E-state index contributed by atoms with van der Waals surface area (Å²) in [7, 11) is 0. The van der Waals surface area contributed by atoms with E-state index in [0.717, 1.165) is 16.7 Å². The first-order chi connectivity index (χ1) is 9.62. The number of aromatic nitrogens is 1. The number of hydrogen-bond donors (Lipinski definition) is 2. The van der Waals surface area contributed by atoms with Gasteiger partial charge in [0.15, 0.2) is 5.58 Å². The fourth-order valence-electron chi connectivity index (χ4n) is 2.11. The zero-order chi connectivity index (χ0) is 14.0. The predicted molar refractivity (Wildman–Crippen MR) is 81.1 cm³/mol. The van der Waals surface area contributed by atoms with Gasteiger partial charge in [-0.1, -0.05) is 12.1 Å². The molecule has 3 rings (SSSR count). The third-order valence-electron chi connectivity index (χ3n) is 3.08. The lowest BCUT2D eigenvalue weighted by Gasteiger charge is -2.22. The van der Waals surface area contributed by atoms with E-state index >= 15 is 0 Å². The van der Waals surface area contributed by atoms with E-state index in [-0.39, 0.29) is 0 Å². The maximum absolute atomic E-state index is 10.4. The minimum Gasteiger partial charge on any atom is -0.424 e. The predicted octanol–water partition coefficient (Wildman–Crippen LogP) is 3.29. The average Bonchev–Trinajstić information content (AvgIpc) is 3.04. The van der Waals surface area contributed by atoms with E-state index in [9.17, 15) is 5.11 Å². The van der Waals surface area contributed by atoms with Crippen molar-refractivity contribution in [3.8, 4) is 0 Å². The second-order valence-electron chi connectivity index (χ2n) is 5.15. The van der Waals surface area contributed by atoms with Crippen molar-refractivity contribution >= 4 is 28.5 Å². The molecule has 0 saturated carbocycles. The van der Waals surface area contributed by atoms with Crippen LogP contribution in [0.4, 0.5) is 6.01 Å². The number of oxazole rings is 1. The summed E-state index contributed by atoms with van der Waals surface area (Å²) >= 11 is 1.64. The minimum absolute atomic E-state index is 0.385. The monoisotopic (exact) mass is 288 g/mol. The van der Waals surface area contributed by atoms with Crippen LogP contribution in [0.1, 0.15) is 12.5 Å².